The Kier molecular flexibility index (Phi) is 24.6. The first-order chi connectivity index (χ1) is 71.5. The summed E-state index contributed by atoms with van der Waals surface area (Å²) < 4.78 is 0. The van der Waals surface area contributed by atoms with E-state index in [1.54, 1.807) is 0 Å². The average molecular weight is 1940 g/mol. The number of hydrogen-bond acceptors (Lipinski definition) is 7. The van der Waals surface area contributed by atoms with Crippen LogP contribution in [0.2, 0.25) is 0 Å². The van der Waals surface area contributed by atoms with Crippen LogP contribution in [0, 0.1) is 0 Å². The summed E-state index contributed by atoms with van der Waals surface area (Å²) in [7, 11) is 0. The Morgan fingerprint density at radius 1 is 0.140 bits per heavy atom. The van der Waals surface area contributed by atoms with Crippen molar-refractivity contribution >= 4 is 51.2 Å². The average Bonchev–Trinajstić information content (AvgIpc) is 1.52. The maximum atomic E-state index is 4.58. The van der Waals surface area contributed by atoms with Gasteiger partial charge in [0.15, 0.2) is 0 Å². The first-order valence-corrected chi connectivity index (χ1v) is 51.5. The monoisotopic (exact) mass is 1940 g/mol. The van der Waals surface area contributed by atoms with Crippen LogP contribution in [0.5, 0.6) is 0 Å². The van der Waals surface area contributed by atoms with Gasteiger partial charge >= 0.3 is 0 Å². The molecule has 0 aliphatic heterocycles. The zero-order valence-electron chi connectivity index (χ0n) is 85.1. The van der Waals surface area contributed by atoms with E-state index in [9.17, 15) is 0 Å². The van der Waals surface area contributed by atoms with Crippen LogP contribution in [0.4, 0.5) is 51.2 Å². The maximum absolute atomic E-state index is 4.58. The molecule has 17 aromatic carbocycles. The van der Waals surface area contributed by atoms with Crippen molar-refractivity contribution in [3.63, 3.8) is 0 Å². The lowest BCUT2D eigenvalue weighted by Crippen LogP contribution is -2.16. The number of benzene rings is 17. The van der Waals surface area contributed by atoms with Gasteiger partial charge < -0.3 is 14.7 Å². The van der Waals surface area contributed by atoms with Gasteiger partial charge in [0.1, 0.15) is 0 Å². The van der Waals surface area contributed by atoms with E-state index < -0.39 is 0 Å². The normalized spacial score (nSPS) is 14.2. The molecule has 0 saturated heterocycles. The summed E-state index contributed by atoms with van der Waals surface area (Å²) in [5, 5.41) is 0. The largest absolute Gasteiger partial charge is 0.309 e. The summed E-state index contributed by atoms with van der Waals surface area (Å²) >= 11 is 0. The molecule has 6 aliphatic carbocycles. The third-order valence-electron chi connectivity index (χ3n) is 32.8. The van der Waals surface area contributed by atoms with Gasteiger partial charge in [-0.1, -0.05) is 415 Å². The predicted molar refractivity (Wildman–Crippen MR) is 633 cm³/mol. The Morgan fingerprint density at radius 2 is 0.313 bits per heavy atom. The Balaban J connectivity index is 0.000000126. The molecule has 7 heteroatoms. The smallest absolute Gasteiger partial charge is 0.0646 e. The molecular formula is C143H125N7. The van der Waals surface area contributed by atoms with Crippen LogP contribution in [0.3, 0.4) is 0 Å². The van der Waals surface area contributed by atoms with Crippen molar-refractivity contribution in [2.45, 2.75) is 138 Å². The molecule has 0 atom stereocenters. The quantitative estimate of drug-likeness (QED) is 0.101. The lowest BCUT2D eigenvalue weighted by Gasteiger charge is -2.31. The second-order valence-electron chi connectivity index (χ2n) is 43.2. The Bertz CT molecular complexity index is 7470. The van der Waals surface area contributed by atoms with Gasteiger partial charge in [0, 0.05) is 126 Å². The predicted octanol–water partition coefficient (Wildman–Crippen LogP) is 38.8. The standard InChI is InChI=1S/C48H39N.2C46H37N3.3CH4/c1-47(2)42-24-13-11-20-38(42)40-28-26-32(30-44(40)47)36-22-15-23-37(46(36)49(34-16-7-5-8-17-34)35-18-9-6-10-19-35)33-27-29-41-39-21-12-14-25-43(39)48(3,4)45(41)31-33;1-45(2)40-18-7-5-14-36(40)38-22-20-30(26-42(38)45)34-16-9-17-35(44(34)49(32-12-10-24-47-28-32)33-13-11-25-48-29-33)31-21-23-39-37-15-6-8-19-41(37)46(3,4)43(39)27-31;1-45(2)40-14-7-5-10-36(40)38-18-16-30(28-42(38)45)34-12-9-13-35(44(34)49(32-20-24-47-25-21-32)33-22-26-48-27-23-33)31-17-19-39-37-11-6-8-15-41(37)46(3,4)43(39)29-31;;;/h5-31H,1-4H3;2*5-29H,1-4H3;3*1H4. The van der Waals surface area contributed by atoms with Crippen molar-refractivity contribution in [2.24, 2.45) is 0 Å². The number of fused-ring (bicyclic) bond motifs is 18. The van der Waals surface area contributed by atoms with Crippen molar-refractivity contribution in [3.8, 4) is 134 Å². The lowest BCUT2D eigenvalue weighted by molar-refractivity contribution is 0.660. The van der Waals surface area contributed by atoms with E-state index in [4.69, 9.17) is 0 Å². The fraction of sp³-hybridized carbons (Fsp3) is 0.147. The first-order valence-electron chi connectivity index (χ1n) is 51.5. The van der Waals surface area contributed by atoms with Crippen molar-refractivity contribution in [3.05, 3.63) is 535 Å². The topological polar surface area (TPSA) is 61.3 Å². The van der Waals surface area contributed by atoms with Gasteiger partial charge in [-0.05, 0) is 276 Å². The van der Waals surface area contributed by atoms with Gasteiger partial charge in [-0.15, -0.1) is 0 Å². The molecule has 0 radical (unpaired) electrons. The van der Waals surface area contributed by atoms with E-state index in [-0.39, 0.29) is 54.8 Å². The fourth-order valence-corrected chi connectivity index (χ4v) is 25.3. The highest BCUT2D eigenvalue weighted by molar-refractivity contribution is 6.04. The number of pyridine rings is 4. The number of rotatable bonds is 15. The molecule has 4 heterocycles. The van der Waals surface area contributed by atoms with Crippen LogP contribution in [0.15, 0.2) is 468 Å². The highest BCUT2D eigenvalue weighted by atomic mass is 15.2. The molecule has 21 aromatic rings. The van der Waals surface area contributed by atoms with Crippen molar-refractivity contribution < 1.29 is 0 Å². The molecule has 0 spiro atoms. The number of para-hydroxylation sites is 5. The molecule has 0 fully saturated rings. The number of anilines is 9. The second kappa shape index (κ2) is 37.9. The molecule has 150 heavy (non-hydrogen) atoms. The van der Waals surface area contributed by atoms with Gasteiger partial charge in [0.05, 0.1) is 40.8 Å². The third-order valence-corrected chi connectivity index (χ3v) is 32.8. The minimum atomic E-state index is -0.104. The maximum Gasteiger partial charge on any atom is 0.0646 e. The zero-order chi connectivity index (χ0) is 100.0. The molecule has 0 unspecified atom stereocenters. The molecular weight excluding hydrogens is 1820 g/mol. The summed E-state index contributed by atoms with van der Waals surface area (Å²) in [6.45, 7) is 28.3. The summed E-state index contributed by atoms with van der Waals surface area (Å²) in [5.74, 6) is 0. The van der Waals surface area contributed by atoms with E-state index in [1.807, 2.05) is 61.7 Å². The van der Waals surface area contributed by atoms with Crippen molar-refractivity contribution in [1.29, 1.82) is 0 Å². The van der Waals surface area contributed by atoms with Gasteiger partial charge in [-0.3, -0.25) is 19.9 Å². The summed E-state index contributed by atoms with van der Waals surface area (Å²) in [6.07, 6.45) is 15.0. The fourth-order valence-electron chi connectivity index (χ4n) is 25.3. The molecule has 0 saturated carbocycles. The lowest BCUT2D eigenvalue weighted by atomic mass is 9.80. The molecule has 6 aliphatic rings. The molecule has 4 aromatic heterocycles. The molecule has 7 nitrogen and oxygen atoms in total. The number of hydrogen-bond donors (Lipinski definition) is 0. The van der Waals surface area contributed by atoms with Gasteiger partial charge in [-0.2, -0.15) is 0 Å². The van der Waals surface area contributed by atoms with Crippen LogP contribution in [-0.4, -0.2) is 19.9 Å². The van der Waals surface area contributed by atoms with Crippen molar-refractivity contribution in [2.75, 3.05) is 14.7 Å². The molecule has 0 amide bonds. The highest BCUT2D eigenvalue weighted by Crippen LogP contribution is 2.61. The number of aromatic nitrogens is 4. The Morgan fingerprint density at radius 3 is 0.520 bits per heavy atom. The molecule has 732 valence electrons. The van der Waals surface area contributed by atoms with Gasteiger partial charge in [0.2, 0.25) is 0 Å². The Labute approximate surface area is 885 Å². The first kappa shape index (κ1) is 97.5. The molecule has 0 bridgehead atoms. The van der Waals surface area contributed by atoms with Gasteiger partial charge in [-0.25, -0.2) is 0 Å². The van der Waals surface area contributed by atoms with Crippen LogP contribution in [-0.2, 0) is 32.5 Å². The minimum Gasteiger partial charge on any atom is -0.309 e. The molecule has 27 rings (SSSR count). The van der Waals surface area contributed by atoms with E-state index in [0.717, 1.165) is 56.6 Å². The van der Waals surface area contributed by atoms with Crippen molar-refractivity contribution in [1.82, 2.24) is 19.9 Å². The third kappa shape index (κ3) is 15.8. The van der Waals surface area contributed by atoms with E-state index >= 15 is 0 Å². The van der Waals surface area contributed by atoms with Crippen LogP contribution >= 0.6 is 0 Å². The zero-order valence-corrected chi connectivity index (χ0v) is 85.1. The van der Waals surface area contributed by atoms with Crippen LogP contribution < -0.4 is 14.7 Å². The minimum absolute atomic E-state index is 0. The van der Waals surface area contributed by atoms with Crippen LogP contribution in [0.1, 0.15) is 172 Å². The summed E-state index contributed by atoms with van der Waals surface area (Å²) in [4.78, 5) is 25.1. The second-order valence-corrected chi connectivity index (χ2v) is 43.2. The van der Waals surface area contributed by atoms with E-state index in [1.165, 1.54) is 195 Å². The van der Waals surface area contributed by atoms with E-state index in [0.29, 0.717) is 0 Å². The Hall–Kier alpha value is -17.3. The highest BCUT2D eigenvalue weighted by Gasteiger charge is 2.44. The van der Waals surface area contributed by atoms with Crippen LogP contribution in [0.25, 0.3) is 134 Å². The summed E-state index contributed by atoms with van der Waals surface area (Å²) in [5.41, 5.74) is 55.9. The SMILES string of the molecule is C.C.C.CC1(C)c2ccccc2-c2ccc(-c3cccc(-c4ccc5c(c4)C(C)(C)c4ccccc4-5)c3N(c3ccccc3)c3ccccc3)cc21.CC1(C)c2ccccc2-c2ccc(-c3cccc(-c4ccc5c(c4)C(C)(C)c4ccccc4-5)c3N(c3cccnc3)c3cccnc3)cc21.CC1(C)c2ccccc2-c2ccc(-c3cccc(-c4ccc5c(c4)C(C)(C)c4ccccc4-5)c3N(c3ccncc3)c3ccncc3)cc21. The van der Waals surface area contributed by atoms with Gasteiger partial charge in [0.25, 0.3) is 0 Å². The van der Waals surface area contributed by atoms with E-state index in [2.05, 4.69) is 524 Å². The molecule has 0 N–H and O–H groups in total. The number of nitrogens with zero attached hydrogens (tertiary/aromatic N) is 7. The summed E-state index contributed by atoms with van der Waals surface area (Å²) in [6, 6.07) is 154.